The van der Waals surface area contributed by atoms with Crippen molar-refractivity contribution in [1.82, 2.24) is 4.90 Å². The SMILES string of the molecule is CC1CCc2c(C(=O)N3CCC(C)(C(=O)O)C3)csc2C1. The van der Waals surface area contributed by atoms with Gasteiger partial charge in [0.1, 0.15) is 0 Å². The maximum atomic E-state index is 12.7. The van der Waals surface area contributed by atoms with Crippen LogP contribution in [0.15, 0.2) is 5.38 Å². The Labute approximate surface area is 128 Å². The average Bonchev–Trinajstić information content (AvgIpc) is 3.02. The lowest BCUT2D eigenvalue weighted by molar-refractivity contribution is -0.147. The highest BCUT2D eigenvalue weighted by Crippen LogP contribution is 2.36. The standard InChI is InChI=1S/C16H21NO3S/c1-10-3-4-11-12(8-21-13(11)7-10)14(18)17-6-5-16(2,9-17)15(19)20/h8,10H,3-7,9H2,1-2H3,(H,19,20). The van der Waals surface area contributed by atoms with E-state index in [4.69, 9.17) is 0 Å². The van der Waals surface area contributed by atoms with E-state index in [0.29, 0.717) is 25.4 Å². The van der Waals surface area contributed by atoms with E-state index in [0.717, 1.165) is 24.8 Å². The third kappa shape index (κ3) is 2.48. The molecule has 2 heterocycles. The highest BCUT2D eigenvalue weighted by atomic mass is 32.1. The van der Waals surface area contributed by atoms with Gasteiger partial charge in [-0.15, -0.1) is 11.3 Å². The third-order valence-electron chi connectivity index (χ3n) is 4.91. The molecule has 1 N–H and O–H groups in total. The number of nitrogens with zero attached hydrogens (tertiary/aromatic N) is 1. The summed E-state index contributed by atoms with van der Waals surface area (Å²) in [7, 11) is 0. The first-order chi connectivity index (χ1) is 9.90. The Bertz CT molecular complexity index is 594. The molecule has 0 radical (unpaired) electrons. The number of hydrogen-bond donors (Lipinski definition) is 1. The van der Waals surface area contributed by atoms with Crippen LogP contribution < -0.4 is 0 Å². The van der Waals surface area contributed by atoms with E-state index in [1.807, 2.05) is 5.38 Å². The predicted molar refractivity (Wildman–Crippen MR) is 81.8 cm³/mol. The number of aliphatic carboxylic acids is 1. The molecule has 0 spiro atoms. The minimum absolute atomic E-state index is 0.0204. The molecule has 1 aromatic rings. The summed E-state index contributed by atoms with van der Waals surface area (Å²) < 4.78 is 0. The van der Waals surface area contributed by atoms with E-state index < -0.39 is 11.4 Å². The molecule has 4 nitrogen and oxygen atoms in total. The Hall–Kier alpha value is -1.36. The minimum atomic E-state index is -0.807. The van der Waals surface area contributed by atoms with Crippen molar-refractivity contribution in [1.29, 1.82) is 0 Å². The zero-order chi connectivity index (χ0) is 15.2. The zero-order valence-corrected chi connectivity index (χ0v) is 13.3. The number of fused-ring (bicyclic) bond motifs is 1. The van der Waals surface area contributed by atoms with Gasteiger partial charge in [0, 0.05) is 23.3 Å². The maximum absolute atomic E-state index is 12.7. The molecule has 0 bridgehead atoms. The predicted octanol–water partition coefficient (Wildman–Crippen LogP) is 2.81. The summed E-state index contributed by atoms with van der Waals surface area (Å²) in [6.45, 7) is 4.85. The van der Waals surface area contributed by atoms with Gasteiger partial charge in [-0.1, -0.05) is 6.92 Å². The number of rotatable bonds is 2. The van der Waals surface area contributed by atoms with Crippen LogP contribution in [0.4, 0.5) is 0 Å². The van der Waals surface area contributed by atoms with Crippen molar-refractivity contribution in [2.24, 2.45) is 11.3 Å². The van der Waals surface area contributed by atoms with Gasteiger partial charge in [0.2, 0.25) is 0 Å². The van der Waals surface area contributed by atoms with Crippen LogP contribution in [0, 0.1) is 11.3 Å². The van der Waals surface area contributed by atoms with E-state index in [2.05, 4.69) is 6.92 Å². The fourth-order valence-corrected chi connectivity index (χ4v) is 4.57. The van der Waals surface area contributed by atoms with E-state index >= 15 is 0 Å². The van der Waals surface area contributed by atoms with Crippen LogP contribution in [0.25, 0.3) is 0 Å². The Morgan fingerprint density at radius 3 is 2.90 bits per heavy atom. The molecule has 1 aliphatic heterocycles. The van der Waals surface area contributed by atoms with Gasteiger partial charge >= 0.3 is 5.97 Å². The Morgan fingerprint density at radius 1 is 1.48 bits per heavy atom. The maximum Gasteiger partial charge on any atom is 0.311 e. The van der Waals surface area contributed by atoms with Crippen LogP contribution in [0.1, 0.15) is 47.5 Å². The van der Waals surface area contributed by atoms with Crippen molar-refractivity contribution >= 4 is 23.2 Å². The molecule has 0 saturated carbocycles. The molecule has 5 heteroatoms. The summed E-state index contributed by atoms with van der Waals surface area (Å²) in [6.07, 6.45) is 3.72. The molecular formula is C16H21NO3S. The molecule has 1 fully saturated rings. The first kappa shape index (κ1) is 14.6. The molecule has 2 unspecified atom stereocenters. The lowest BCUT2D eigenvalue weighted by Gasteiger charge is -2.22. The van der Waals surface area contributed by atoms with E-state index in [1.165, 1.54) is 10.4 Å². The average molecular weight is 307 g/mol. The van der Waals surface area contributed by atoms with Crippen molar-refractivity contribution in [2.45, 2.75) is 39.5 Å². The molecule has 1 saturated heterocycles. The molecule has 1 aromatic heterocycles. The molecular weight excluding hydrogens is 286 g/mol. The third-order valence-corrected chi connectivity index (χ3v) is 5.96. The second kappa shape index (κ2) is 5.13. The van der Waals surface area contributed by atoms with E-state index in [9.17, 15) is 14.7 Å². The van der Waals surface area contributed by atoms with Crippen LogP contribution in [0.2, 0.25) is 0 Å². The zero-order valence-electron chi connectivity index (χ0n) is 12.5. The Kier molecular flexibility index (Phi) is 3.56. The Morgan fingerprint density at radius 2 is 2.24 bits per heavy atom. The second-order valence-corrected chi connectivity index (χ2v) is 7.71. The summed E-state index contributed by atoms with van der Waals surface area (Å²) in [5.74, 6) is -0.0906. The fourth-order valence-electron chi connectivity index (χ4n) is 3.34. The number of hydrogen-bond acceptors (Lipinski definition) is 3. The quantitative estimate of drug-likeness (QED) is 0.914. The van der Waals surface area contributed by atoms with Gasteiger partial charge in [-0.05, 0) is 44.1 Å². The molecule has 0 aromatic carbocycles. The first-order valence-electron chi connectivity index (χ1n) is 7.52. The molecule has 1 amide bonds. The van der Waals surface area contributed by atoms with E-state index in [-0.39, 0.29) is 5.91 Å². The molecule has 21 heavy (non-hydrogen) atoms. The van der Waals surface area contributed by atoms with Crippen LogP contribution in [-0.2, 0) is 17.6 Å². The van der Waals surface area contributed by atoms with Crippen LogP contribution >= 0.6 is 11.3 Å². The number of carbonyl (C=O) groups is 2. The van der Waals surface area contributed by atoms with Gasteiger partial charge in [-0.25, -0.2) is 0 Å². The van der Waals surface area contributed by atoms with Gasteiger partial charge in [-0.3, -0.25) is 9.59 Å². The lowest BCUT2D eigenvalue weighted by Crippen LogP contribution is -2.35. The van der Waals surface area contributed by atoms with Gasteiger partial charge in [0.05, 0.1) is 11.0 Å². The fraction of sp³-hybridized carbons (Fsp3) is 0.625. The molecule has 2 aliphatic rings. The summed E-state index contributed by atoms with van der Waals surface area (Å²) >= 11 is 1.69. The van der Waals surface area contributed by atoms with Crippen LogP contribution in [0.5, 0.6) is 0 Å². The summed E-state index contributed by atoms with van der Waals surface area (Å²) in [6, 6.07) is 0. The van der Waals surface area contributed by atoms with Crippen LogP contribution in [-0.4, -0.2) is 35.0 Å². The van der Waals surface area contributed by atoms with Crippen LogP contribution in [0.3, 0.4) is 0 Å². The van der Waals surface area contributed by atoms with Gasteiger partial charge in [0.25, 0.3) is 5.91 Å². The molecule has 114 valence electrons. The van der Waals surface area contributed by atoms with Gasteiger partial charge < -0.3 is 10.0 Å². The van der Waals surface area contributed by atoms with Gasteiger partial charge in [-0.2, -0.15) is 0 Å². The van der Waals surface area contributed by atoms with Crippen molar-refractivity contribution in [3.8, 4) is 0 Å². The van der Waals surface area contributed by atoms with Crippen molar-refractivity contribution < 1.29 is 14.7 Å². The molecule has 2 atom stereocenters. The lowest BCUT2D eigenvalue weighted by atomic mass is 9.88. The monoisotopic (exact) mass is 307 g/mol. The second-order valence-electron chi connectivity index (χ2n) is 6.74. The van der Waals surface area contributed by atoms with E-state index in [1.54, 1.807) is 23.2 Å². The number of carboxylic acid groups (broad SMARTS) is 1. The highest BCUT2D eigenvalue weighted by Gasteiger charge is 2.42. The summed E-state index contributed by atoms with van der Waals surface area (Å²) in [5.41, 5.74) is 1.24. The number of carboxylic acids is 1. The number of amides is 1. The largest absolute Gasteiger partial charge is 0.481 e. The minimum Gasteiger partial charge on any atom is -0.481 e. The topological polar surface area (TPSA) is 57.6 Å². The summed E-state index contributed by atoms with van der Waals surface area (Å²) in [5, 5.41) is 11.3. The van der Waals surface area contributed by atoms with Crippen molar-refractivity contribution in [3.63, 3.8) is 0 Å². The first-order valence-corrected chi connectivity index (χ1v) is 8.40. The number of carbonyl (C=O) groups excluding carboxylic acids is 1. The molecule has 1 aliphatic carbocycles. The van der Waals surface area contributed by atoms with Gasteiger partial charge in [0.15, 0.2) is 0 Å². The number of thiophene rings is 1. The normalized spacial score (nSPS) is 28.5. The Balaban J connectivity index is 1.80. The van der Waals surface area contributed by atoms with Crippen molar-refractivity contribution in [2.75, 3.05) is 13.1 Å². The van der Waals surface area contributed by atoms with Crippen molar-refractivity contribution in [3.05, 3.63) is 21.4 Å². The number of likely N-dealkylation sites (tertiary alicyclic amines) is 1. The smallest absolute Gasteiger partial charge is 0.311 e. The highest BCUT2D eigenvalue weighted by molar-refractivity contribution is 7.10. The summed E-state index contributed by atoms with van der Waals surface area (Å²) in [4.78, 5) is 27.1. The molecule has 3 rings (SSSR count).